The summed E-state index contributed by atoms with van der Waals surface area (Å²) in [5, 5.41) is 33.2. The van der Waals surface area contributed by atoms with Crippen LogP contribution in [0, 0.1) is 5.92 Å². The molecular weight excluding hydrogens is 240 g/mol. The van der Waals surface area contributed by atoms with Crippen LogP contribution in [0.25, 0.3) is 0 Å². The predicted molar refractivity (Wildman–Crippen MR) is 68.1 cm³/mol. The van der Waals surface area contributed by atoms with Gasteiger partial charge in [0.05, 0.1) is 12.1 Å². The molecule has 1 aliphatic carbocycles. The largest absolute Gasteiger partial charge is 0.396 e. The lowest BCUT2D eigenvalue weighted by molar-refractivity contribution is -0.0646. The van der Waals surface area contributed by atoms with E-state index in [4.69, 9.17) is 0 Å². The summed E-state index contributed by atoms with van der Waals surface area (Å²) in [6.45, 7) is 2.87. The number of nitrogens with one attached hydrogen (secondary N) is 1. The van der Waals surface area contributed by atoms with Gasteiger partial charge in [-0.3, -0.25) is 4.99 Å². The number of fused-ring (bicyclic) bond motifs is 1. The summed E-state index contributed by atoms with van der Waals surface area (Å²) < 4.78 is 0. The van der Waals surface area contributed by atoms with E-state index >= 15 is 0 Å². The monoisotopic (exact) mass is 260 g/mol. The number of rotatable bonds is 3. The van der Waals surface area contributed by atoms with Crippen molar-refractivity contribution in [3.63, 3.8) is 0 Å². The van der Waals surface area contributed by atoms with Gasteiger partial charge in [0.1, 0.15) is 6.10 Å². The van der Waals surface area contributed by atoms with E-state index in [9.17, 15) is 15.3 Å². The van der Waals surface area contributed by atoms with E-state index in [2.05, 4.69) is 17.2 Å². The maximum Gasteiger partial charge on any atom is 0.157 e. The molecule has 0 aromatic heterocycles. The van der Waals surface area contributed by atoms with E-state index in [-0.39, 0.29) is 23.8 Å². The van der Waals surface area contributed by atoms with Crippen LogP contribution in [0.3, 0.4) is 0 Å². The highest BCUT2D eigenvalue weighted by Crippen LogP contribution is 2.39. The van der Waals surface area contributed by atoms with Crippen LogP contribution >= 0.6 is 11.8 Å². The second kappa shape index (κ2) is 5.56. The third-order valence-electron chi connectivity index (χ3n) is 3.39. The van der Waals surface area contributed by atoms with Gasteiger partial charge in [0.2, 0.25) is 0 Å². The number of hydrogen-bond acceptors (Lipinski definition) is 6. The molecule has 0 bridgehead atoms. The Kier molecular flexibility index (Phi) is 4.30. The van der Waals surface area contributed by atoms with Crippen molar-refractivity contribution in [1.29, 1.82) is 0 Å². The Labute approximate surface area is 105 Å². The van der Waals surface area contributed by atoms with Gasteiger partial charge in [0.15, 0.2) is 5.17 Å². The number of aliphatic hydroxyl groups excluding tert-OH is 3. The first kappa shape index (κ1) is 13.1. The average Bonchev–Trinajstić information content (AvgIpc) is 2.74. The van der Waals surface area contributed by atoms with E-state index in [1.165, 1.54) is 0 Å². The molecule has 5 nitrogen and oxygen atoms in total. The lowest BCUT2D eigenvalue weighted by Crippen LogP contribution is -2.51. The molecule has 1 saturated carbocycles. The first-order chi connectivity index (χ1) is 8.17. The number of thioether (sulfide) groups is 1. The first-order valence-electron chi connectivity index (χ1n) is 6.12. The van der Waals surface area contributed by atoms with Crippen molar-refractivity contribution in [2.24, 2.45) is 10.9 Å². The highest BCUT2D eigenvalue weighted by atomic mass is 32.2. The standard InChI is InChI=1S/C11H20N2O3S/c1-2-3-12-11-13-8-7(17-11)4-6(5-14)9(15)10(8)16/h6-10,14-16H,2-5H2,1H3,(H,12,13)/t6-,7-,8-,9-,10-/m1/s1. The van der Waals surface area contributed by atoms with Crippen molar-refractivity contribution in [3.05, 3.63) is 0 Å². The Morgan fingerprint density at radius 2 is 2.18 bits per heavy atom. The fraction of sp³-hybridized carbons (Fsp3) is 0.909. The smallest absolute Gasteiger partial charge is 0.157 e. The van der Waals surface area contributed by atoms with E-state index in [0.29, 0.717) is 6.42 Å². The van der Waals surface area contributed by atoms with Crippen LogP contribution in [0.4, 0.5) is 0 Å². The van der Waals surface area contributed by atoms with E-state index < -0.39 is 12.2 Å². The number of aliphatic hydroxyl groups is 3. The minimum Gasteiger partial charge on any atom is -0.396 e. The number of aliphatic imine (C=N–C) groups is 1. The molecule has 1 fully saturated rings. The molecule has 17 heavy (non-hydrogen) atoms. The zero-order valence-corrected chi connectivity index (χ0v) is 10.7. The van der Waals surface area contributed by atoms with Gasteiger partial charge in [-0.15, -0.1) is 0 Å². The van der Waals surface area contributed by atoms with E-state index in [1.54, 1.807) is 11.8 Å². The molecule has 2 aliphatic rings. The quantitative estimate of drug-likeness (QED) is 0.553. The van der Waals surface area contributed by atoms with Crippen molar-refractivity contribution in [2.45, 2.75) is 43.3 Å². The Hall–Kier alpha value is -0.300. The molecule has 1 heterocycles. The molecule has 0 saturated heterocycles. The van der Waals surface area contributed by atoms with Crippen LogP contribution in [0.5, 0.6) is 0 Å². The van der Waals surface area contributed by atoms with Crippen molar-refractivity contribution < 1.29 is 15.3 Å². The lowest BCUT2D eigenvalue weighted by atomic mass is 9.81. The van der Waals surface area contributed by atoms with Gasteiger partial charge < -0.3 is 20.6 Å². The fourth-order valence-corrected chi connectivity index (χ4v) is 3.73. The molecule has 0 unspecified atom stereocenters. The summed E-state index contributed by atoms with van der Waals surface area (Å²) in [5.74, 6) is -0.237. The predicted octanol–water partition coefficient (Wildman–Crippen LogP) is -0.440. The van der Waals surface area contributed by atoms with Gasteiger partial charge in [-0.25, -0.2) is 0 Å². The maximum absolute atomic E-state index is 9.98. The highest BCUT2D eigenvalue weighted by molar-refractivity contribution is 8.14. The van der Waals surface area contributed by atoms with E-state index in [0.717, 1.165) is 18.1 Å². The number of amidine groups is 1. The van der Waals surface area contributed by atoms with Crippen molar-refractivity contribution in [2.75, 3.05) is 13.2 Å². The Morgan fingerprint density at radius 3 is 2.82 bits per heavy atom. The third kappa shape index (κ3) is 2.59. The zero-order valence-electron chi connectivity index (χ0n) is 9.91. The summed E-state index contributed by atoms with van der Waals surface area (Å²) in [7, 11) is 0. The van der Waals surface area contributed by atoms with Gasteiger partial charge in [-0.1, -0.05) is 18.7 Å². The summed E-state index contributed by atoms with van der Waals surface area (Å²) in [6.07, 6.45) is -0.0000230. The molecular formula is C11H20N2O3S. The minimum atomic E-state index is -0.865. The molecule has 0 spiro atoms. The third-order valence-corrected chi connectivity index (χ3v) is 4.64. The van der Waals surface area contributed by atoms with Crippen molar-refractivity contribution >= 4 is 16.9 Å². The minimum absolute atomic E-state index is 0.0836. The molecule has 1 aliphatic heterocycles. The van der Waals surface area contributed by atoms with Gasteiger partial charge in [0, 0.05) is 24.3 Å². The number of hydrogen-bond donors (Lipinski definition) is 4. The topological polar surface area (TPSA) is 85.1 Å². The van der Waals surface area contributed by atoms with E-state index in [1.807, 2.05) is 0 Å². The van der Waals surface area contributed by atoms with Crippen molar-refractivity contribution in [3.8, 4) is 0 Å². The van der Waals surface area contributed by atoms with Crippen LogP contribution in [-0.4, -0.2) is 57.1 Å². The van der Waals surface area contributed by atoms with Crippen LogP contribution < -0.4 is 5.32 Å². The fourth-order valence-electron chi connectivity index (χ4n) is 2.37. The molecule has 0 radical (unpaired) electrons. The Bertz CT molecular complexity index is 300. The Balaban J connectivity index is 2.01. The summed E-state index contributed by atoms with van der Waals surface area (Å²) >= 11 is 1.62. The van der Waals surface area contributed by atoms with Crippen molar-refractivity contribution in [1.82, 2.24) is 5.32 Å². The van der Waals surface area contributed by atoms with Gasteiger partial charge >= 0.3 is 0 Å². The summed E-state index contributed by atoms with van der Waals surface area (Å²) in [5.41, 5.74) is 0. The molecule has 5 atom stereocenters. The van der Waals surface area contributed by atoms with Crippen LogP contribution in [0.1, 0.15) is 19.8 Å². The van der Waals surface area contributed by atoms with Crippen LogP contribution in [0.15, 0.2) is 4.99 Å². The molecule has 2 rings (SSSR count). The molecule has 98 valence electrons. The zero-order chi connectivity index (χ0) is 12.4. The van der Waals surface area contributed by atoms with Crippen LogP contribution in [-0.2, 0) is 0 Å². The first-order valence-corrected chi connectivity index (χ1v) is 7.00. The van der Waals surface area contributed by atoms with Gasteiger partial charge in [-0.05, 0) is 12.8 Å². The highest BCUT2D eigenvalue weighted by Gasteiger charge is 2.46. The van der Waals surface area contributed by atoms with Gasteiger partial charge in [0.25, 0.3) is 0 Å². The second-order valence-electron chi connectivity index (χ2n) is 4.67. The maximum atomic E-state index is 9.98. The van der Waals surface area contributed by atoms with Gasteiger partial charge in [-0.2, -0.15) is 0 Å². The van der Waals surface area contributed by atoms with Crippen LogP contribution in [0.2, 0.25) is 0 Å². The molecule has 0 amide bonds. The normalized spacial score (nSPS) is 40.9. The average molecular weight is 260 g/mol. The molecule has 6 heteroatoms. The summed E-state index contributed by atoms with van der Waals surface area (Å²) in [6, 6.07) is -0.239. The second-order valence-corrected chi connectivity index (χ2v) is 5.90. The summed E-state index contributed by atoms with van der Waals surface area (Å²) in [4.78, 5) is 4.42. The molecule has 0 aromatic carbocycles. The lowest BCUT2D eigenvalue weighted by Gasteiger charge is -2.37. The molecule has 0 aromatic rings. The Morgan fingerprint density at radius 1 is 1.41 bits per heavy atom. The number of nitrogens with zero attached hydrogens (tertiary/aromatic N) is 1. The SMILES string of the molecule is CCCNC1=N[C@H]2[C@@H](O)[C@H](O)[C@@H](CO)C[C@H]2S1. The molecule has 4 N–H and O–H groups in total.